The predicted molar refractivity (Wildman–Crippen MR) is 147 cm³/mol. The number of thioether (sulfide) groups is 3. The van der Waals surface area contributed by atoms with E-state index in [1.807, 2.05) is 12.1 Å². The lowest BCUT2D eigenvalue weighted by molar-refractivity contribution is -0.726. The molecule has 2 amide bonds. The lowest BCUT2D eigenvalue weighted by atomic mass is 10.0. The van der Waals surface area contributed by atoms with Crippen molar-refractivity contribution in [1.29, 1.82) is 0 Å². The molecule has 0 spiro atoms. The summed E-state index contributed by atoms with van der Waals surface area (Å²) in [5.41, 5.74) is 0.580. The van der Waals surface area contributed by atoms with Crippen molar-refractivity contribution in [2.45, 2.75) is 27.2 Å². The van der Waals surface area contributed by atoms with Crippen LogP contribution in [0.2, 0.25) is 10.0 Å². The first kappa shape index (κ1) is 29.1. The predicted octanol–water partition coefficient (Wildman–Crippen LogP) is 2.43. The molecule has 4 rings (SSSR count). The van der Waals surface area contributed by atoms with Crippen molar-refractivity contribution in [1.82, 2.24) is 10.2 Å². The van der Waals surface area contributed by atoms with Crippen LogP contribution in [0.4, 0.5) is 0 Å². The minimum absolute atomic E-state index is 0.0270. The molecule has 2 aliphatic heterocycles. The van der Waals surface area contributed by atoms with E-state index >= 15 is 0 Å². The quantitative estimate of drug-likeness (QED) is 0.171. The molecular formula is C24H24Cl2N3O6S3+. The molecule has 1 fully saturated rings. The van der Waals surface area contributed by atoms with Gasteiger partial charge in [0.25, 0.3) is 5.91 Å². The van der Waals surface area contributed by atoms with Crippen LogP contribution in [0.25, 0.3) is 0 Å². The van der Waals surface area contributed by atoms with E-state index in [0.717, 1.165) is 4.90 Å². The Kier molecular flexibility index (Phi) is 9.90. The fourth-order valence-corrected chi connectivity index (χ4v) is 7.59. The number of aliphatic carboxylic acids is 1. The summed E-state index contributed by atoms with van der Waals surface area (Å²) in [6.07, 6.45) is 3.48. The highest BCUT2D eigenvalue weighted by Crippen LogP contribution is 2.41. The number of amides is 2. The van der Waals surface area contributed by atoms with Crippen LogP contribution in [0.15, 0.2) is 63.8 Å². The Morgan fingerprint density at radius 1 is 1.16 bits per heavy atom. The van der Waals surface area contributed by atoms with Crippen molar-refractivity contribution in [2.75, 3.05) is 30.5 Å². The first-order chi connectivity index (χ1) is 18.2. The van der Waals surface area contributed by atoms with Crippen molar-refractivity contribution < 1.29 is 34.3 Å². The molecule has 0 radical (unpaired) electrons. The zero-order chi connectivity index (χ0) is 27.4. The number of aromatic nitrogens is 1. The molecule has 0 bridgehead atoms. The number of β-lactam (4-membered cyclic amide) rings is 1. The molecule has 202 valence electrons. The number of pyridine rings is 1. The van der Waals surface area contributed by atoms with Gasteiger partial charge in [0.05, 0.1) is 10.8 Å². The number of benzene rings is 1. The van der Waals surface area contributed by atoms with Crippen LogP contribution in [0, 0.1) is 0 Å². The van der Waals surface area contributed by atoms with E-state index in [1.54, 1.807) is 35.2 Å². The van der Waals surface area contributed by atoms with Gasteiger partial charge in [-0.15, -0.1) is 35.3 Å². The Hall–Kier alpha value is -1.93. The summed E-state index contributed by atoms with van der Waals surface area (Å²) in [6.45, 7) is -0.386. The molecule has 1 saturated heterocycles. The molecule has 2 aliphatic rings. The second-order valence-electron chi connectivity index (χ2n) is 8.36. The number of carboxylic acids is 1. The lowest BCUT2D eigenvalue weighted by Crippen LogP contribution is -2.70. The smallest absolute Gasteiger partial charge is 0.352 e. The van der Waals surface area contributed by atoms with Crippen molar-refractivity contribution in [3.63, 3.8) is 0 Å². The fourth-order valence-electron chi connectivity index (χ4n) is 3.92. The van der Waals surface area contributed by atoms with Crippen LogP contribution in [0.1, 0.15) is 6.04 Å². The molecule has 2 aromatic rings. The topological polar surface area (TPSA) is 131 Å². The number of nitrogens with zero attached hydrogens (tertiary/aromatic N) is 2. The van der Waals surface area contributed by atoms with Crippen LogP contribution < -0.4 is 9.88 Å². The number of hydrogen-bond donors (Lipinski definition) is 4. The number of carbonyl (C=O) groups excluding carboxylic acids is 2. The molecule has 2 atom stereocenters. The van der Waals surface area contributed by atoms with Crippen LogP contribution in [-0.2, 0) is 14.4 Å². The maximum absolute atomic E-state index is 12.9. The minimum atomic E-state index is -1.19. The number of fused-ring (bicyclic) bond motifs is 1. The fraction of sp³-hybridized carbons (Fsp3) is 0.333. The van der Waals surface area contributed by atoms with Crippen LogP contribution in [0.3, 0.4) is 0 Å². The normalized spacial score (nSPS) is 18.9. The van der Waals surface area contributed by atoms with E-state index in [9.17, 15) is 29.7 Å². The number of rotatable bonds is 11. The van der Waals surface area contributed by atoms with Gasteiger partial charge >= 0.3 is 5.97 Å². The number of aliphatic hydroxyl groups is 2. The summed E-state index contributed by atoms with van der Waals surface area (Å²) in [4.78, 5) is 40.3. The molecule has 1 aromatic carbocycles. The summed E-state index contributed by atoms with van der Waals surface area (Å²) < 4.78 is 1.70. The Morgan fingerprint density at radius 3 is 2.53 bits per heavy atom. The number of halogens is 2. The highest BCUT2D eigenvalue weighted by molar-refractivity contribution is 8.01. The Balaban J connectivity index is 1.37. The van der Waals surface area contributed by atoms with Crippen molar-refractivity contribution in [3.05, 3.63) is 64.0 Å². The molecular weight excluding hydrogens is 593 g/mol. The van der Waals surface area contributed by atoms with Gasteiger partial charge in [-0.25, -0.2) is 4.79 Å². The van der Waals surface area contributed by atoms with Gasteiger partial charge in [0.15, 0.2) is 12.4 Å². The Morgan fingerprint density at radius 2 is 1.87 bits per heavy atom. The van der Waals surface area contributed by atoms with E-state index in [2.05, 4.69) is 5.32 Å². The van der Waals surface area contributed by atoms with Gasteiger partial charge in [0, 0.05) is 38.5 Å². The molecule has 4 N–H and O–H groups in total. The third kappa shape index (κ3) is 6.44. The summed E-state index contributed by atoms with van der Waals surface area (Å²) in [5.74, 6) is -1.20. The number of aliphatic hydroxyl groups excluding tert-OH is 2. The number of hydrogen-bond acceptors (Lipinski definition) is 8. The Labute approximate surface area is 241 Å². The highest BCUT2D eigenvalue weighted by Gasteiger charge is 2.54. The van der Waals surface area contributed by atoms with Crippen LogP contribution >= 0.6 is 58.5 Å². The zero-order valence-electron chi connectivity index (χ0n) is 19.8. The van der Waals surface area contributed by atoms with Crippen molar-refractivity contribution >= 4 is 76.3 Å². The van der Waals surface area contributed by atoms with Gasteiger partial charge < -0.3 is 20.6 Å². The third-order valence-electron chi connectivity index (χ3n) is 5.90. The van der Waals surface area contributed by atoms with E-state index in [0.29, 0.717) is 32.0 Å². The average Bonchev–Trinajstić information content (AvgIpc) is 2.91. The van der Waals surface area contributed by atoms with Gasteiger partial charge in [-0.05, 0) is 23.8 Å². The first-order valence-electron chi connectivity index (χ1n) is 11.4. The van der Waals surface area contributed by atoms with Gasteiger partial charge in [-0.2, -0.15) is 4.57 Å². The van der Waals surface area contributed by atoms with Crippen LogP contribution in [-0.4, -0.2) is 79.9 Å². The van der Waals surface area contributed by atoms with Crippen molar-refractivity contribution in [2.24, 2.45) is 0 Å². The molecule has 0 unspecified atom stereocenters. The van der Waals surface area contributed by atoms with Gasteiger partial charge in [0.1, 0.15) is 30.3 Å². The maximum Gasteiger partial charge on any atom is 0.352 e. The van der Waals surface area contributed by atoms with Gasteiger partial charge in [-0.3, -0.25) is 14.5 Å². The molecule has 1 aromatic heterocycles. The van der Waals surface area contributed by atoms with E-state index in [-0.39, 0.29) is 30.6 Å². The second kappa shape index (κ2) is 12.9. The minimum Gasteiger partial charge on any atom is -0.477 e. The standard InChI is InChI=1S/C24H23Cl2N3O6S3/c25-14-1-2-17(26)18(7-14)37-12-19(32)27-20-22(33)29-21(24(34)35)13(11-38-23(20)29)10-36-16-3-5-28(6-4-16)15(8-30)9-31/h1-7,15,20,23,30-31H,8-12H2,(H-,27,32,34,35)/p+1/t20-,23-/m1/s1. The molecule has 14 heteroatoms. The van der Waals surface area contributed by atoms with E-state index in [1.165, 1.54) is 40.2 Å². The van der Waals surface area contributed by atoms with Gasteiger partial charge in [-0.1, -0.05) is 23.2 Å². The van der Waals surface area contributed by atoms with E-state index < -0.39 is 29.3 Å². The largest absolute Gasteiger partial charge is 0.477 e. The third-order valence-corrected chi connectivity index (χ3v) is 10.1. The molecule has 3 heterocycles. The summed E-state index contributed by atoms with van der Waals surface area (Å²) in [6, 6.07) is 7.35. The first-order valence-corrected chi connectivity index (χ1v) is 15.1. The van der Waals surface area contributed by atoms with E-state index in [4.69, 9.17) is 23.2 Å². The summed E-state index contributed by atoms with van der Waals surface area (Å²) >= 11 is 16.2. The highest BCUT2D eigenvalue weighted by atomic mass is 35.5. The monoisotopic (exact) mass is 616 g/mol. The second-order valence-corrected chi connectivity index (χ2v) is 12.4. The van der Waals surface area contributed by atoms with Crippen molar-refractivity contribution in [3.8, 4) is 0 Å². The number of nitrogens with one attached hydrogen (secondary N) is 1. The Bertz CT molecular complexity index is 1260. The summed E-state index contributed by atoms with van der Waals surface area (Å²) in [7, 11) is 0. The maximum atomic E-state index is 12.9. The molecule has 0 saturated carbocycles. The molecule has 9 nitrogen and oxygen atoms in total. The zero-order valence-corrected chi connectivity index (χ0v) is 23.7. The van der Waals surface area contributed by atoms with Gasteiger partial charge in [0.2, 0.25) is 11.9 Å². The molecule has 38 heavy (non-hydrogen) atoms. The molecule has 0 aliphatic carbocycles. The lowest BCUT2D eigenvalue weighted by Gasteiger charge is -2.49. The van der Waals surface area contributed by atoms with Crippen LogP contribution in [0.5, 0.6) is 0 Å². The number of carboxylic acid groups (broad SMARTS) is 1. The average molecular weight is 618 g/mol. The SMILES string of the molecule is O=C(CSc1cc(Cl)ccc1Cl)N[C@@H]1C(=O)N2C(C(=O)O)=C(CSc3cc[n+](C(CO)CO)cc3)CS[C@H]12. The number of carbonyl (C=O) groups is 3. The summed E-state index contributed by atoms with van der Waals surface area (Å²) in [5, 5.41) is 31.7.